The van der Waals surface area contributed by atoms with Gasteiger partial charge in [0.25, 0.3) is 0 Å². The highest BCUT2D eigenvalue weighted by Crippen LogP contribution is 2.31. The first kappa shape index (κ1) is 15.6. The van der Waals surface area contributed by atoms with Gasteiger partial charge in [-0.2, -0.15) is 10.1 Å². The number of nitrogen functional groups attached to an aromatic ring is 1. The van der Waals surface area contributed by atoms with Crippen LogP contribution in [-0.2, 0) is 0 Å². The van der Waals surface area contributed by atoms with E-state index in [2.05, 4.69) is 20.5 Å². The lowest BCUT2D eigenvalue weighted by Gasteiger charge is -2.08. The van der Waals surface area contributed by atoms with Gasteiger partial charge >= 0.3 is 0 Å². The summed E-state index contributed by atoms with van der Waals surface area (Å²) in [6, 6.07) is 17.3. The highest BCUT2D eigenvalue weighted by molar-refractivity contribution is 6.30. The molecule has 0 aliphatic heterocycles. The van der Waals surface area contributed by atoms with E-state index >= 15 is 0 Å². The summed E-state index contributed by atoms with van der Waals surface area (Å²) in [5, 5.41) is 6.21. The average Bonchev–Trinajstić information content (AvgIpc) is 2.99. The number of aryl methyl sites for hydroxylation is 1. The Morgan fingerprint density at radius 1 is 1.00 bits per heavy atom. The summed E-state index contributed by atoms with van der Waals surface area (Å²) in [5.74, 6) is 5.91. The molecular weight excluding hydrogens is 336 g/mol. The predicted octanol–water partition coefficient (Wildman–Crippen LogP) is 3.73. The summed E-state index contributed by atoms with van der Waals surface area (Å²) in [7, 11) is 0. The van der Waals surface area contributed by atoms with Crippen molar-refractivity contribution < 1.29 is 0 Å². The lowest BCUT2D eigenvalue weighted by atomic mass is 10.1. The number of nitrogens with one attached hydrogen (secondary N) is 1. The Bertz CT molecular complexity index is 1040. The van der Waals surface area contributed by atoms with E-state index in [1.807, 2.05) is 61.5 Å². The molecule has 2 aromatic heterocycles. The fourth-order valence-corrected chi connectivity index (χ4v) is 2.94. The van der Waals surface area contributed by atoms with Crippen LogP contribution in [-0.4, -0.2) is 19.7 Å². The predicted molar refractivity (Wildman–Crippen MR) is 99.7 cm³/mol. The number of hydrazine groups is 1. The summed E-state index contributed by atoms with van der Waals surface area (Å²) in [6.07, 6.45) is 0. The van der Waals surface area contributed by atoms with E-state index < -0.39 is 0 Å². The smallest absolute Gasteiger partial charge is 0.239 e. The second-order valence-corrected chi connectivity index (χ2v) is 6.01. The second-order valence-electron chi connectivity index (χ2n) is 5.58. The van der Waals surface area contributed by atoms with Crippen LogP contribution < -0.4 is 11.3 Å². The Kier molecular flexibility index (Phi) is 3.83. The van der Waals surface area contributed by atoms with Crippen LogP contribution in [0, 0.1) is 6.92 Å². The van der Waals surface area contributed by atoms with E-state index in [0.717, 1.165) is 28.0 Å². The van der Waals surface area contributed by atoms with Crippen molar-refractivity contribution in [1.82, 2.24) is 19.7 Å². The highest BCUT2D eigenvalue weighted by atomic mass is 35.5. The number of aromatic nitrogens is 4. The van der Waals surface area contributed by atoms with Gasteiger partial charge in [0.1, 0.15) is 0 Å². The minimum absolute atomic E-state index is 0.328. The first-order chi connectivity index (χ1) is 12.2. The number of hydrogen-bond donors (Lipinski definition) is 2. The fourth-order valence-electron chi connectivity index (χ4n) is 2.81. The maximum atomic E-state index is 6.01. The van der Waals surface area contributed by atoms with Crippen LogP contribution in [0.25, 0.3) is 28.0 Å². The number of halogens is 1. The van der Waals surface area contributed by atoms with Gasteiger partial charge in [-0.1, -0.05) is 41.9 Å². The fraction of sp³-hybridized carbons (Fsp3) is 0.0556. The van der Waals surface area contributed by atoms with E-state index in [0.29, 0.717) is 16.6 Å². The van der Waals surface area contributed by atoms with Crippen molar-refractivity contribution in [2.75, 3.05) is 5.43 Å². The van der Waals surface area contributed by atoms with Crippen molar-refractivity contribution in [3.05, 3.63) is 65.3 Å². The van der Waals surface area contributed by atoms with Gasteiger partial charge in [0.05, 0.1) is 22.5 Å². The number of anilines is 1. The van der Waals surface area contributed by atoms with Gasteiger partial charge in [-0.05, 0) is 31.2 Å². The maximum Gasteiger partial charge on any atom is 0.239 e. The molecule has 0 aliphatic carbocycles. The van der Waals surface area contributed by atoms with Crippen molar-refractivity contribution in [2.45, 2.75) is 6.92 Å². The third kappa shape index (κ3) is 2.71. The third-order valence-corrected chi connectivity index (χ3v) is 4.20. The van der Waals surface area contributed by atoms with Crippen molar-refractivity contribution >= 4 is 28.6 Å². The maximum absolute atomic E-state index is 6.01. The van der Waals surface area contributed by atoms with Gasteiger partial charge in [-0.15, -0.1) is 0 Å². The molecule has 0 bridgehead atoms. The Morgan fingerprint density at radius 3 is 2.40 bits per heavy atom. The average molecular weight is 351 g/mol. The number of fused-ring (bicyclic) bond motifs is 1. The van der Waals surface area contributed by atoms with Gasteiger partial charge in [0.15, 0.2) is 5.65 Å². The molecule has 7 heteroatoms. The molecule has 124 valence electrons. The van der Waals surface area contributed by atoms with E-state index in [1.165, 1.54) is 0 Å². The second kappa shape index (κ2) is 6.16. The normalized spacial score (nSPS) is 11.0. The summed E-state index contributed by atoms with van der Waals surface area (Å²) >= 11 is 6.01. The topological polar surface area (TPSA) is 81.7 Å². The Hall–Kier alpha value is -2.96. The zero-order valence-corrected chi connectivity index (χ0v) is 14.2. The molecule has 0 saturated carbocycles. The molecule has 2 heterocycles. The van der Waals surface area contributed by atoms with Gasteiger partial charge in [-0.3, -0.25) is 5.43 Å². The molecular formula is C18H15ClN6. The molecule has 4 rings (SSSR count). The third-order valence-electron chi connectivity index (χ3n) is 3.95. The van der Waals surface area contributed by atoms with Gasteiger partial charge in [0.2, 0.25) is 5.95 Å². The standard InChI is InChI=1S/C18H15ClN6/c1-11-15-16(12-7-9-13(19)10-8-12)21-18(23-20)22-17(15)25(24-11)14-5-3-2-4-6-14/h2-10H,20H2,1H3,(H,21,22,23). The monoisotopic (exact) mass is 350 g/mol. The molecule has 6 nitrogen and oxygen atoms in total. The van der Waals surface area contributed by atoms with Crippen molar-refractivity contribution in [3.63, 3.8) is 0 Å². The summed E-state index contributed by atoms with van der Waals surface area (Å²) in [5.41, 5.74) is 6.67. The van der Waals surface area contributed by atoms with Crippen LogP contribution in [0.2, 0.25) is 5.02 Å². The van der Waals surface area contributed by atoms with Crippen molar-refractivity contribution in [3.8, 4) is 16.9 Å². The number of rotatable bonds is 3. The van der Waals surface area contributed by atoms with E-state index in [9.17, 15) is 0 Å². The van der Waals surface area contributed by atoms with Gasteiger partial charge < -0.3 is 0 Å². The summed E-state index contributed by atoms with van der Waals surface area (Å²) in [6.45, 7) is 1.94. The van der Waals surface area contributed by atoms with Crippen molar-refractivity contribution in [2.24, 2.45) is 5.84 Å². The number of para-hydroxylation sites is 1. The Balaban J connectivity index is 2.04. The van der Waals surface area contributed by atoms with Crippen molar-refractivity contribution in [1.29, 1.82) is 0 Å². The van der Waals surface area contributed by atoms with Crippen LogP contribution in [0.15, 0.2) is 54.6 Å². The van der Waals surface area contributed by atoms with Crippen LogP contribution in [0.3, 0.4) is 0 Å². The number of nitrogens with zero attached hydrogens (tertiary/aromatic N) is 4. The molecule has 0 aliphatic rings. The van der Waals surface area contributed by atoms with E-state index in [-0.39, 0.29) is 0 Å². The number of hydrogen-bond acceptors (Lipinski definition) is 5. The minimum Gasteiger partial charge on any atom is -0.292 e. The lowest BCUT2D eigenvalue weighted by Crippen LogP contribution is -2.11. The van der Waals surface area contributed by atoms with Crippen LogP contribution in [0.4, 0.5) is 5.95 Å². The van der Waals surface area contributed by atoms with Crippen LogP contribution in [0.1, 0.15) is 5.69 Å². The molecule has 0 amide bonds. The molecule has 2 aromatic carbocycles. The Morgan fingerprint density at radius 2 is 1.72 bits per heavy atom. The molecule has 3 N–H and O–H groups in total. The molecule has 0 spiro atoms. The number of nitrogens with two attached hydrogens (primary N) is 1. The SMILES string of the molecule is Cc1nn(-c2ccccc2)c2nc(NN)nc(-c3ccc(Cl)cc3)c12. The molecule has 0 saturated heterocycles. The summed E-state index contributed by atoms with van der Waals surface area (Å²) in [4.78, 5) is 9.07. The lowest BCUT2D eigenvalue weighted by molar-refractivity contribution is 0.876. The Labute approximate surface area is 149 Å². The first-order valence-electron chi connectivity index (χ1n) is 7.72. The quantitative estimate of drug-likeness (QED) is 0.434. The molecule has 4 aromatic rings. The molecule has 0 unspecified atom stereocenters. The van der Waals surface area contributed by atoms with Gasteiger partial charge in [-0.25, -0.2) is 15.5 Å². The number of benzene rings is 2. The molecule has 0 radical (unpaired) electrons. The highest BCUT2D eigenvalue weighted by Gasteiger charge is 2.18. The minimum atomic E-state index is 0.328. The van der Waals surface area contributed by atoms with Crippen LogP contribution in [0.5, 0.6) is 0 Å². The molecule has 0 atom stereocenters. The first-order valence-corrected chi connectivity index (χ1v) is 8.10. The van der Waals surface area contributed by atoms with Crippen LogP contribution >= 0.6 is 11.6 Å². The summed E-state index contributed by atoms with van der Waals surface area (Å²) < 4.78 is 1.80. The zero-order valence-electron chi connectivity index (χ0n) is 13.4. The molecule has 0 fully saturated rings. The largest absolute Gasteiger partial charge is 0.292 e. The van der Waals surface area contributed by atoms with E-state index in [4.69, 9.17) is 17.4 Å². The van der Waals surface area contributed by atoms with E-state index in [1.54, 1.807) is 4.68 Å². The zero-order chi connectivity index (χ0) is 17.4. The van der Waals surface area contributed by atoms with Gasteiger partial charge in [0, 0.05) is 10.6 Å². The molecule has 25 heavy (non-hydrogen) atoms.